The maximum Gasteiger partial charge on any atom is 0.279 e. The minimum absolute atomic E-state index is 0.0377. The number of carbonyl (C=O) groups excluding carboxylic acids is 3. The van der Waals surface area contributed by atoms with Crippen molar-refractivity contribution in [2.75, 3.05) is 5.32 Å². The molecule has 3 aromatic carbocycles. The van der Waals surface area contributed by atoms with Gasteiger partial charge < -0.3 is 5.32 Å². The molecule has 0 saturated carbocycles. The summed E-state index contributed by atoms with van der Waals surface area (Å²) in [6.07, 6.45) is 0.995. The van der Waals surface area contributed by atoms with Gasteiger partial charge >= 0.3 is 0 Å². The second-order valence-corrected chi connectivity index (χ2v) is 6.95. The molecular weight excluding hydrogens is 396 g/mol. The Morgan fingerprint density at radius 3 is 2.13 bits per heavy atom. The first-order chi connectivity index (χ1) is 15.0. The fraction of sp³-hybridized carbons (Fsp3) is 0.0417. The van der Waals surface area contributed by atoms with E-state index in [4.69, 9.17) is 0 Å². The molecule has 1 N–H and O–H groups in total. The van der Waals surface area contributed by atoms with Crippen molar-refractivity contribution >= 4 is 29.2 Å². The number of benzene rings is 3. The van der Waals surface area contributed by atoms with E-state index in [-0.39, 0.29) is 22.8 Å². The number of hydrogen-bond donors (Lipinski definition) is 1. The summed E-state index contributed by atoms with van der Waals surface area (Å²) in [5.41, 5.74) is 4.09. The second-order valence-electron chi connectivity index (χ2n) is 6.95. The number of aldehydes is 1. The number of nitro groups is 1. The number of hydrogen-bond acceptors (Lipinski definition) is 6. The van der Waals surface area contributed by atoms with E-state index >= 15 is 0 Å². The number of ketones is 2. The molecule has 0 atom stereocenters. The molecule has 1 heterocycles. The molecule has 0 aromatic heterocycles. The van der Waals surface area contributed by atoms with Gasteiger partial charge in [0.2, 0.25) is 5.78 Å². The van der Waals surface area contributed by atoms with Crippen molar-refractivity contribution in [2.45, 2.75) is 6.42 Å². The third-order valence-corrected chi connectivity index (χ3v) is 5.12. The van der Waals surface area contributed by atoms with E-state index in [1.807, 2.05) is 42.5 Å². The van der Waals surface area contributed by atoms with Crippen molar-refractivity contribution in [2.24, 2.45) is 0 Å². The van der Waals surface area contributed by atoms with Crippen LogP contribution >= 0.6 is 0 Å². The summed E-state index contributed by atoms with van der Waals surface area (Å²) < 4.78 is 0. The molecular formula is C24H16N2O5. The summed E-state index contributed by atoms with van der Waals surface area (Å²) in [5, 5.41) is 13.3. The van der Waals surface area contributed by atoms with Crippen LogP contribution in [0.1, 0.15) is 36.6 Å². The Bertz CT molecular complexity index is 1210. The van der Waals surface area contributed by atoms with Crippen molar-refractivity contribution in [3.63, 3.8) is 0 Å². The van der Waals surface area contributed by atoms with Crippen LogP contribution in [0.2, 0.25) is 0 Å². The highest BCUT2D eigenvalue weighted by atomic mass is 16.6. The van der Waals surface area contributed by atoms with Crippen molar-refractivity contribution in [3.8, 4) is 0 Å². The number of Topliss-reactive ketones (excluding diaryl/α,β-unsaturated/α-hetero) is 2. The lowest BCUT2D eigenvalue weighted by atomic mass is 10.1. The average Bonchev–Trinajstić information content (AvgIpc) is 3.31. The largest absolute Gasteiger partial charge is 0.351 e. The van der Waals surface area contributed by atoms with Crippen LogP contribution in [0.4, 0.5) is 11.4 Å². The first-order valence-corrected chi connectivity index (χ1v) is 9.46. The molecule has 1 aliphatic heterocycles. The summed E-state index contributed by atoms with van der Waals surface area (Å²) in [6.45, 7) is 0. The van der Waals surface area contributed by atoms with Gasteiger partial charge in [-0.25, -0.2) is 0 Å². The molecule has 3 aromatic rings. The van der Waals surface area contributed by atoms with Crippen molar-refractivity contribution in [3.05, 3.63) is 116 Å². The molecule has 0 saturated heterocycles. The minimum atomic E-state index is -0.580. The fourth-order valence-electron chi connectivity index (χ4n) is 3.61. The van der Waals surface area contributed by atoms with Gasteiger partial charge in [-0.2, -0.15) is 0 Å². The van der Waals surface area contributed by atoms with E-state index in [0.717, 1.165) is 11.3 Å². The SMILES string of the molecule is O=C1/C(=C2\Nc3ccccc3C2=O)Cc2ccccc21.O=Cc1ccccc1[N+](=O)[O-]. The zero-order valence-corrected chi connectivity index (χ0v) is 16.2. The van der Waals surface area contributed by atoms with E-state index in [9.17, 15) is 24.5 Å². The van der Waals surface area contributed by atoms with Gasteiger partial charge in [0.1, 0.15) is 0 Å². The summed E-state index contributed by atoms with van der Waals surface area (Å²) in [6, 6.07) is 20.7. The number of rotatable bonds is 2. The molecule has 1 aliphatic carbocycles. The number of nitro benzene ring substituents is 1. The zero-order chi connectivity index (χ0) is 22.0. The Morgan fingerprint density at radius 1 is 0.839 bits per heavy atom. The lowest BCUT2D eigenvalue weighted by molar-refractivity contribution is -0.385. The number of para-hydroxylation sites is 2. The second kappa shape index (κ2) is 8.16. The van der Waals surface area contributed by atoms with Gasteiger partial charge in [-0.05, 0) is 23.8 Å². The molecule has 2 aliphatic rings. The van der Waals surface area contributed by atoms with Gasteiger partial charge in [-0.1, -0.05) is 48.5 Å². The van der Waals surface area contributed by atoms with Crippen LogP contribution in [0.3, 0.4) is 0 Å². The normalized spacial score (nSPS) is 16.0. The first-order valence-electron chi connectivity index (χ1n) is 9.46. The van der Waals surface area contributed by atoms with Gasteiger partial charge in [-0.15, -0.1) is 0 Å². The lowest BCUT2D eigenvalue weighted by Crippen LogP contribution is -2.09. The van der Waals surface area contributed by atoms with Crippen LogP contribution in [-0.4, -0.2) is 22.8 Å². The predicted molar refractivity (Wildman–Crippen MR) is 114 cm³/mol. The Labute approximate surface area is 177 Å². The van der Waals surface area contributed by atoms with Crippen LogP contribution in [0.15, 0.2) is 84.1 Å². The van der Waals surface area contributed by atoms with Gasteiger partial charge in [0.05, 0.1) is 16.2 Å². The molecule has 7 heteroatoms. The summed E-state index contributed by atoms with van der Waals surface area (Å²) in [5.74, 6) is -0.124. The van der Waals surface area contributed by atoms with Crippen LogP contribution in [0.25, 0.3) is 0 Å². The quantitative estimate of drug-likeness (QED) is 0.289. The van der Waals surface area contributed by atoms with Crippen molar-refractivity contribution in [1.82, 2.24) is 0 Å². The molecule has 0 spiro atoms. The molecule has 7 nitrogen and oxygen atoms in total. The highest BCUT2D eigenvalue weighted by Gasteiger charge is 2.33. The molecule has 0 fully saturated rings. The Kier molecular flexibility index (Phi) is 5.24. The maximum absolute atomic E-state index is 12.4. The number of nitrogens with zero attached hydrogens (tertiary/aromatic N) is 1. The lowest BCUT2D eigenvalue weighted by Gasteiger charge is -2.02. The van der Waals surface area contributed by atoms with Crippen LogP contribution in [0, 0.1) is 10.1 Å². The molecule has 0 amide bonds. The monoisotopic (exact) mass is 412 g/mol. The third-order valence-electron chi connectivity index (χ3n) is 5.12. The van der Waals surface area contributed by atoms with Crippen LogP contribution in [-0.2, 0) is 6.42 Å². The van der Waals surface area contributed by atoms with Crippen LogP contribution in [0.5, 0.6) is 0 Å². The maximum atomic E-state index is 12.4. The zero-order valence-electron chi connectivity index (χ0n) is 16.2. The first kappa shape index (κ1) is 19.9. The van der Waals surface area contributed by atoms with Gasteiger partial charge in [0.15, 0.2) is 12.1 Å². The smallest absolute Gasteiger partial charge is 0.279 e. The number of nitrogens with one attached hydrogen (secondary N) is 1. The van der Waals surface area contributed by atoms with Crippen molar-refractivity contribution in [1.29, 1.82) is 0 Å². The number of carbonyl (C=O) groups is 3. The topological polar surface area (TPSA) is 106 Å². The molecule has 152 valence electrons. The third kappa shape index (κ3) is 3.64. The van der Waals surface area contributed by atoms with E-state index in [1.165, 1.54) is 18.2 Å². The number of anilines is 1. The van der Waals surface area contributed by atoms with Crippen LogP contribution < -0.4 is 5.32 Å². The van der Waals surface area contributed by atoms with E-state index in [1.54, 1.807) is 12.1 Å². The summed E-state index contributed by atoms with van der Waals surface area (Å²) >= 11 is 0. The molecule has 0 bridgehead atoms. The molecule has 31 heavy (non-hydrogen) atoms. The Morgan fingerprint density at radius 2 is 1.48 bits per heavy atom. The standard InChI is InChI=1S/C17H11NO2.C7H5NO3/c19-16-11-6-2-1-5-10(11)9-13(16)15-17(20)12-7-3-4-8-14(12)18-15;9-5-6-3-1-2-4-7(6)8(10)11/h1-8,18H,9H2;1-5H/b15-13-;. The van der Waals surface area contributed by atoms with Gasteiger partial charge in [0.25, 0.3) is 5.69 Å². The summed E-state index contributed by atoms with van der Waals surface area (Å²) in [7, 11) is 0. The van der Waals surface area contributed by atoms with E-state index < -0.39 is 4.92 Å². The molecule has 0 radical (unpaired) electrons. The molecule has 5 rings (SSSR count). The Hall–Kier alpha value is -4.39. The number of fused-ring (bicyclic) bond motifs is 2. The number of allylic oxidation sites excluding steroid dienone is 2. The highest BCUT2D eigenvalue weighted by Crippen LogP contribution is 2.34. The minimum Gasteiger partial charge on any atom is -0.351 e. The fourth-order valence-corrected chi connectivity index (χ4v) is 3.61. The highest BCUT2D eigenvalue weighted by molar-refractivity contribution is 6.25. The Balaban J connectivity index is 0.000000180. The van der Waals surface area contributed by atoms with Gasteiger partial charge in [0, 0.05) is 34.9 Å². The summed E-state index contributed by atoms with van der Waals surface area (Å²) in [4.78, 5) is 44.7. The van der Waals surface area contributed by atoms with Crippen molar-refractivity contribution < 1.29 is 19.3 Å². The predicted octanol–water partition coefficient (Wildman–Crippen LogP) is 4.40. The molecule has 0 unspecified atom stereocenters. The van der Waals surface area contributed by atoms with E-state index in [2.05, 4.69) is 5.32 Å². The van der Waals surface area contributed by atoms with Gasteiger partial charge in [-0.3, -0.25) is 24.5 Å². The van der Waals surface area contributed by atoms with E-state index in [0.29, 0.717) is 35.1 Å². The average molecular weight is 412 g/mol.